The molecule has 0 bridgehead atoms. The molecule has 3 unspecified atom stereocenters. The average Bonchev–Trinajstić information content (AvgIpc) is 2.54. The minimum Gasteiger partial charge on any atom is -0.323 e. The van der Waals surface area contributed by atoms with E-state index in [0.717, 1.165) is 26.1 Å². The van der Waals surface area contributed by atoms with E-state index in [1.54, 1.807) is 0 Å². The van der Waals surface area contributed by atoms with Crippen LogP contribution in [0.25, 0.3) is 0 Å². The van der Waals surface area contributed by atoms with Crippen LogP contribution in [0.1, 0.15) is 44.4 Å². The van der Waals surface area contributed by atoms with Crippen molar-refractivity contribution in [1.29, 1.82) is 0 Å². The molecule has 1 saturated heterocycles. The van der Waals surface area contributed by atoms with E-state index in [1.165, 1.54) is 17.5 Å². The van der Waals surface area contributed by atoms with Crippen LogP contribution in [0, 0.1) is 0 Å². The fourth-order valence-electron chi connectivity index (χ4n) is 3.26. The summed E-state index contributed by atoms with van der Waals surface area (Å²) in [5.74, 6) is 0. The number of piperazine rings is 1. The highest BCUT2D eigenvalue weighted by atomic mass is 15.3. The highest BCUT2D eigenvalue weighted by molar-refractivity contribution is 5.25. The monoisotopic (exact) mass is 289 g/mol. The van der Waals surface area contributed by atoms with E-state index < -0.39 is 0 Å². The van der Waals surface area contributed by atoms with Gasteiger partial charge in [0.1, 0.15) is 0 Å². The third-order valence-electron chi connectivity index (χ3n) is 5.15. The predicted molar refractivity (Wildman–Crippen MR) is 90.5 cm³/mol. The lowest BCUT2D eigenvalue weighted by Gasteiger charge is -2.43. The van der Waals surface area contributed by atoms with Gasteiger partial charge in [-0.15, -0.1) is 0 Å². The number of likely N-dealkylation sites (N-methyl/N-ethyl adjacent to an activating group) is 1. The number of nitrogens with zero attached hydrogens (tertiary/aromatic N) is 2. The summed E-state index contributed by atoms with van der Waals surface area (Å²) in [7, 11) is 2.24. The Balaban J connectivity index is 2.02. The molecule has 1 fully saturated rings. The Morgan fingerprint density at radius 3 is 2.43 bits per heavy atom. The first kappa shape index (κ1) is 16.5. The molecule has 2 N–H and O–H groups in total. The molecule has 3 nitrogen and oxygen atoms in total. The Kier molecular flexibility index (Phi) is 5.80. The second-order valence-electron chi connectivity index (χ2n) is 6.40. The summed E-state index contributed by atoms with van der Waals surface area (Å²) < 4.78 is 0. The number of benzene rings is 1. The lowest BCUT2D eigenvalue weighted by atomic mass is 9.97. The van der Waals surface area contributed by atoms with Crippen molar-refractivity contribution in [3.8, 4) is 0 Å². The average molecular weight is 289 g/mol. The first-order valence-corrected chi connectivity index (χ1v) is 8.35. The largest absolute Gasteiger partial charge is 0.323 e. The van der Waals surface area contributed by atoms with Crippen LogP contribution in [-0.2, 0) is 6.42 Å². The van der Waals surface area contributed by atoms with E-state index in [9.17, 15) is 0 Å². The first-order chi connectivity index (χ1) is 10.1. The van der Waals surface area contributed by atoms with E-state index >= 15 is 0 Å². The van der Waals surface area contributed by atoms with Gasteiger partial charge in [-0.1, -0.05) is 38.1 Å². The fourth-order valence-corrected chi connectivity index (χ4v) is 3.26. The Morgan fingerprint density at radius 1 is 1.19 bits per heavy atom. The molecule has 3 heteroatoms. The van der Waals surface area contributed by atoms with Crippen molar-refractivity contribution in [2.75, 3.05) is 26.7 Å². The lowest BCUT2D eigenvalue weighted by Crippen LogP contribution is -2.55. The zero-order chi connectivity index (χ0) is 15.4. The normalized spacial score (nSPS) is 24.0. The second kappa shape index (κ2) is 7.39. The van der Waals surface area contributed by atoms with Gasteiger partial charge >= 0.3 is 0 Å². The highest BCUT2D eigenvalue weighted by Gasteiger charge is 2.29. The number of hydrogen-bond acceptors (Lipinski definition) is 3. The van der Waals surface area contributed by atoms with Gasteiger partial charge in [0, 0.05) is 37.8 Å². The second-order valence-corrected chi connectivity index (χ2v) is 6.40. The maximum absolute atomic E-state index is 6.53. The van der Waals surface area contributed by atoms with Crippen LogP contribution >= 0.6 is 0 Å². The number of hydrogen-bond donors (Lipinski definition) is 1. The van der Waals surface area contributed by atoms with Crippen LogP contribution in [0.4, 0.5) is 0 Å². The van der Waals surface area contributed by atoms with Gasteiger partial charge in [0.15, 0.2) is 0 Å². The summed E-state index contributed by atoms with van der Waals surface area (Å²) >= 11 is 0. The zero-order valence-corrected chi connectivity index (χ0v) is 14.0. The first-order valence-electron chi connectivity index (χ1n) is 8.35. The molecule has 1 heterocycles. The van der Waals surface area contributed by atoms with Crippen LogP contribution in [0.15, 0.2) is 24.3 Å². The molecule has 118 valence electrons. The van der Waals surface area contributed by atoms with Gasteiger partial charge in [-0.25, -0.2) is 0 Å². The van der Waals surface area contributed by atoms with Gasteiger partial charge in [0.2, 0.25) is 0 Å². The molecule has 0 spiro atoms. The maximum Gasteiger partial charge on any atom is 0.0450 e. The standard InChI is InChI=1S/C18H31N3/c1-5-15-7-9-16(10-8-15)18(19)14(3)21-12-11-20(4)17(6-2)13-21/h7-10,14,17-18H,5-6,11-13,19H2,1-4H3. The van der Waals surface area contributed by atoms with Crippen LogP contribution in [0.5, 0.6) is 0 Å². The van der Waals surface area contributed by atoms with Crippen molar-refractivity contribution in [2.45, 2.75) is 51.7 Å². The minimum atomic E-state index is 0.0943. The van der Waals surface area contributed by atoms with Gasteiger partial charge < -0.3 is 10.6 Å². The Bertz CT molecular complexity index is 429. The molecule has 3 atom stereocenters. The zero-order valence-electron chi connectivity index (χ0n) is 14.0. The SMILES string of the molecule is CCc1ccc(C(N)C(C)N2CCN(C)C(CC)C2)cc1. The summed E-state index contributed by atoms with van der Waals surface area (Å²) in [4.78, 5) is 5.04. The van der Waals surface area contributed by atoms with Gasteiger partial charge in [-0.2, -0.15) is 0 Å². The number of rotatable bonds is 5. The van der Waals surface area contributed by atoms with Crippen molar-refractivity contribution in [2.24, 2.45) is 5.73 Å². The van der Waals surface area contributed by atoms with Crippen LogP contribution in [0.3, 0.4) is 0 Å². The maximum atomic E-state index is 6.53. The number of aryl methyl sites for hydroxylation is 1. The molecule has 0 amide bonds. The lowest BCUT2D eigenvalue weighted by molar-refractivity contribution is 0.0594. The van der Waals surface area contributed by atoms with Crippen molar-refractivity contribution in [3.63, 3.8) is 0 Å². The van der Waals surface area contributed by atoms with Gasteiger partial charge in [-0.3, -0.25) is 4.90 Å². The summed E-state index contributed by atoms with van der Waals surface area (Å²) in [6, 6.07) is 9.97. The molecule has 0 radical (unpaired) electrons. The predicted octanol–water partition coefficient (Wildman–Crippen LogP) is 2.66. The molecular weight excluding hydrogens is 258 g/mol. The number of nitrogens with two attached hydrogens (primary N) is 1. The fraction of sp³-hybridized carbons (Fsp3) is 0.667. The molecule has 0 aromatic heterocycles. The van der Waals surface area contributed by atoms with Gasteiger partial charge in [-0.05, 0) is 37.9 Å². The Labute approximate surface area is 130 Å². The van der Waals surface area contributed by atoms with Gasteiger partial charge in [0.05, 0.1) is 0 Å². The molecular formula is C18H31N3. The van der Waals surface area contributed by atoms with Crippen molar-refractivity contribution < 1.29 is 0 Å². The smallest absolute Gasteiger partial charge is 0.0450 e. The molecule has 0 saturated carbocycles. The van der Waals surface area contributed by atoms with E-state index in [2.05, 4.69) is 61.9 Å². The summed E-state index contributed by atoms with van der Waals surface area (Å²) in [5.41, 5.74) is 9.16. The summed E-state index contributed by atoms with van der Waals surface area (Å²) in [6.07, 6.45) is 2.29. The summed E-state index contributed by atoms with van der Waals surface area (Å²) in [6.45, 7) is 10.1. The Hall–Kier alpha value is -0.900. The van der Waals surface area contributed by atoms with Crippen LogP contribution < -0.4 is 5.73 Å². The molecule has 1 aliphatic rings. The Morgan fingerprint density at radius 2 is 1.86 bits per heavy atom. The molecule has 1 aromatic rings. The molecule has 21 heavy (non-hydrogen) atoms. The van der Waals surface area contributed by atoms with Crippen molar-refractivity contribution >= 4 is 0 Å². The highest BCUT2D eigenvalue weighted by Crippen LogP contribution is 2.22. The topological polar surface area (TPSA) is 32.5 Å². The van der Waals surface area contributed by atoms with Crippen molar-refractivity contribution in [1.82, 2.24) is 9.80 Å². The van der Waals surface area contributed by atoms with E-state index in [1.807, 2.05) is 0 Å². The van der Waals surface area contributed by atoms with E-state index in [4.69, 9.17) is 5.73 Å². The minimum absolute atomic E-state index is 0.0943. The van der Waals surface area contributed by atoms with Crippen molar-refractivity contribution in [3.05, 3.63) is 35.4 Å². The molecule has 1 aromatic carbocycles. The van der Waals surface area contributed by atoms with Crippen LogP contribution in [0.2, 0.25) is 0 Å². The van der Waals surface area contributed by atoms with E-state index in [0.29, 0.717) is 12.1 Å². The third kappa shape index (κ3) is 3.85. The molecule has 2 rings (SSSR count). The van der Waals surface area contributed by atoms with Crippen LogP contribution in [-0.4, -0.2) is 48.6 Å². The quantitative estimate of drug-likeness (QED) is 0.904. The summed E-state index contributed by atoms with van der Waals surface area (Å²) in [5, 5.41) is 0. The molecule has 1 aliphatic heterocycles. The third-order valence-corrected chi connectivity index (χ3v) is 5.15. The molecule has 0 aliphatic carbocycles. The van der Waals surface area contributed by atoms with E-state index in [-0.39, 0.29) is 6.04 Å². The van der Waals surface area contributed by atoms with Gasteiger partial charge in [0.25, 0.3) is 0 Å².